The molecule has 3 aromatic rings. The third kappa shape index (κ3) is 3.63. The number of piperazine rings is 1. The Balaban J connectivity index is 1.36. The van der Waals surface area contributed by atoms with Crippen LogP contribution in [0, 0.1) is 13.8 Å². The van der Waals surface area contributed by atoms with Crippen LogP contribution in [0.2, 0.25) is 0 Å². The average Bonchev–Trinajstić information content (AvgIpc) is 3.31. The van der Waals surface area contributed by atoms with Crippen LogP contribution in [-0.2, 0) is 0 Å². The smallest absolute Gasteiger partial charge is 0.322 e. The van der Waals surface area contributed by atoms with E-state index in [1.807, 2.05) is 37.3 Å². The second-order valence-electron chi connectivity index (χ2n) is 6.37. The maximum absolute atomic E-state index is 12.5. The molecule has 1 saturated heterocycles. The molecule has 27 heavy (non-hydrogen) atoms. The first kappa shape index (κ1) is 17.5. The maximum Gasteiger partial charge on any atom is 0.322 e. The van der Waals surface area contributed by atoms with E-state index in [9.17, 15) is 4.79 Å². The highest BCUT2D eigenvalue weighted by molar-refractivity contribution is 7.09. The van der Waals surface area contributed by atoms with E-state index in [4.69, 9.17) is 4.52 Å². The Bertz CT molecular complexity index is 911. The predicted octanol–water partition coefficient (Wildman–Crippen LogP) is 3.16. The molecule has 0 saturated carbocycles. The molecular formula is C18H20N6O2S. The Morgan fingerprint density at radius 1 is 1.15 bits per heavy atom. The van der Waals surface area contributed by atoms with Crippen LogP contribution in [0.1, 0.15) is 11.5 Å². The minimum Gasteiger partial charge on any atom is -0.359 e. The number of nitrogens with zero attached hydrogens (tertiary/aromatic N) is 5. The second kappa shape index (κ2) is 7.36. The van der Waals surface area contributed by atoms with Gasteiger partial charge in [0.15, 0.2) is 11.6 Å². The van der Waals surface area contributed by atoms with Gasteiger partial charge in [0.2, 0.25) is 5.13 Å². The van der Waals surface area contributed by atoms with Crippen molar-refractivity contribution < 1.29 is 9.32 Å². The largest absolute Gasteiger partial charge is 0.359 e. The Hall–Kier alpha value is -2.94. The summed E-state index contributed by atoms with van der Waals surface area (Å²) in [5, 5.41) is 7.65. The third-order valence-electron chi connectivity index (χ3n) is 4.55. The molecule has 1 aliphatic rings. The third-order valence-corrected chi connectivity index (χ3v) is 5.33. The molecule has 1 aliphatic heterocycles. The SMILES string of the molecule is Cc1noc(C)c1NC(=O)N1CCN(c2nc(-c3ccccc3)ns2)CC1. The van der Waals surface area contributed by atoms with Crippen LogP contribution in [0.3, 0.4) is 0 Å². The zero-order valence-electron chi connectivity index (χ0n) is 15.2. The van der Waals surface area contributed by atoms with Gasteiger partial charge in [-0.2, -0.15) is 9.36 Å². The van der Waals surface area contributed by atoms with Gasteiger partial charge in [-0.25, -0.2) is 4.79 Å². The van der Waals surface area contributed by atoms with Gasteiger partial charge in [-0.1, -0.05) is 35.5 Å². The first-order chi connectivity index (χ1) is 13.1. The molecular weight excluding hydrogens is 364 g/mol. The van der Waals surface area contributed by atoms with Gasteiger partial charge >= 0.3 is 6.03 Å². The summed E-state index contributed by atoms with van der Waals surface area (Å²) in [6.45, 7) is 6.28. The number of rotatable bonds is 3. The molecule has 8 nitrogen and oxygen atoms in total. The van der Waals surface area contributed by atoms with Crippen molar-refractivity contribution in [2.45, 2.75) is 13.8 Å². The molecule has 3 heterocycles. The minimum absolute atomic E-state index is 0.133. The van der Waals surface area contributed by atoms with Crippen molar-refractivity contribution in [3.63, 3.8) is 0 Å². The lowest BCUT2D eigenvalue weighted by Crippen LogP contribution is -2.50. The summed E-state index contributed by atoms with van der Waals surface area (Å²) < 4.78 is 9.56. The van der Waals surface area contributed by atoms with Gasteiger partial charge in [-0.05, 0) is 13.8 Å². The topological polar surface area (TPSA) is 87.4 Å². The average molecular weight is 384 g/mol. The molecule has 2 amide bonds. The number of aryl methyl sites for hydroxylation is 2. The molecule has 9 heteroatoms. The molecule has 1 fully saturated rings. The number of nitrogens with one attached hydrogen (secondary N) is 1. The summed E-state index contributed by atoms with van der Waals surface area (Å²) >= 11 is 1.39. The Morgan fingerprint density at radius 3 is 2.56 bits per heavy atom. The summed E-state index contributed by atoms with van der Waals surface area (Å²) in [6, 6.07) is 9.81. The Labute approximate surface area is 161 Å². The van der Waals surface area contributed by atoms with Crippen molar-refractivity contribution in [3.8, 4) is 11.4 Å². The molecule has 0 unspecified atom stereocenters. The molecule has 0 aliphatic carbocycles. The van der Waals surface area contributed by atoms with Crippen molar-refractivity contribution in [1.29, 1.82) is 0 Å². The minimum atomic E-state index is -0.133. The lowest BCUT2D eigenvalue weighted by molar-refractivity contribution is 0.208. The van der Waals surface area contributed by atoms with Crippen molar-refractivity contribution in [2.24, 2.45) is 0 Å². The number of hydrogen-bond donors (Lipinski definition) is 1. The maximum atomic E-state index is 12.5. The van der Waals surface area contributed by atoms with Crippen LogP contribution in [0.4, 0.5) is 15.6 Å². The lowest BCUT2D eigenvalue weighted by Gasteiger charge is -2.34. The standard InChI is InChI=1S/C18H20N6O2S/c1-12-15(13(2)26-21-12)19-17(25)23-8-10-24(11-9-23)18-20-16(22-27-18)14-6-4-3-5-7-14/h3-7H,8-11H2,1-2H3,(H,19,25). The first-order valence-corrected chi connectivity index (χ1v) is 9.52. The lowest BCUT2D eigenvalue weighted by atomic mass is 10.2. The number of aromatic nitrogens is 3. The second-order valence-corrected chi connectivity index (χ2v) is 7.10. The monoisotopic (exact) mass is 384 g/mol. The zero-order valence-corrected chi connectivity index (χ0v) is 16.0. The molecule has 0 radical (unpaired) electrons. The van der Waals surface area contributed by atoms with Crippen LogP contribution < -0.4 is 10.2 Å². The summed E-state index contributed by atoms with van der Waals surface area (Å²) in [5.74, 6) is 1.36. The quantitative estimate of drug-likeness (QED) is 0.746. The van der Waals surface area contributed by atoms with E-state index < -0.39 is 0 Å². The highest BCUT2D eigenvalue weighted by Crippen LogP contribution is 2.25. The van der Waals surface area contributed by atoms with E-state index >= 15 is 0 Å². The number of amides is 2. The van der Waals surface area contributed by atoms with Gasteiger partial charge in [0.25, 0.3) is 0 Å². The van der Waals surface area contributed by atoms with E-state index in [0.29, 0.717) is 30.2 Å². The molecule has 0 atom stereocenters. The van der Waals surface area contributed by atoms with Gasteiger partial charge < -0.3 is 19.6 Å². The van der Waals surface area contributed by atoms with Gasteiger partial charge in [0.1, 0.15) is 11.4 Å². The van der Waals surface area contributed by atoms with Crippen LogP contribution in [0.15, 0.2) is 34.9 Å². The summed E-state index contributed by atoms with van der Waals surface area (Å²) in [4.78, 5) is 21.1. The van der Waals surface area contributed by atoms with Crippen LogP contribution in [-0.4, -0.2) is 51.6 Å². The first-order valence-electron chi connectivity index (χ1n) is 8.74. The Kier molecular flexibility index (Phi) is 4.76. The van der Waals surface area contributed by atoms with Gasteiger partial charge in [0, 0.05) is 43.3 Å². The van der Waals surface area contributed by atoms with Crippen molar-refractivity contribution >= 4 is 28.4 Å². The molecule has 4 rings (SSSR count). The molecule has 0 bridgehead atoms. The van der Waals surface area contributed by atoms with Crippen LogP contribution in [0.5, 0.6) is 0 Å². The van der Waals surface area contributed by atoms with Gasteiger partial charge in [-0.15, -0.1) is 0 Å². The van der Waals surface area contributed by atoms with E-state index in [1.165, 1.54) is 11.5 Å². The molecule has 2 aromatic heterocycles. The van der Waals surface area contributed by atoms with E-state index in [-0.39, 0.29) is 6.03 Å². The summed E-state index contributed by atoms with van der Waals surface area (Å²) in [7, 11) is 0. The molecule has 140 valence electrons. The van der Waals surface area contributed by atoms with E-state index in [0.717, 1.165) is 29.6 Å². The zero-order chi connectivity index (χ0) is 18.8. The van der Waals surface area contributed by atoms with Crippen LogP contribution >= 0.6 is 11.5 Å². The van der Waals surface area contributed by atoms with Crippen molar-refractivity contribution in [2.75, 3.05) is 36.4 Å². The predicted molar refractivity (Wildman–Crippen MR) is 104 cm³/mol. The molecule has 1 aromatic carbocycles. The summed E-state index contributed by atoms with van der Waals surface area (Å²) in [5.41, 5.74) is 2.35. The summed E-state index contributed by atoms with van der Waals surface area (Å²) in [6.07, 6.45) is 0. The number of hydrogen-bond acceptors (Lipinski definition) is 7. The van der Waals surface area contributed by atoms with Gasteiger partial charge in [0.05, 0.1) is 0 Å². The van der Waals surface area contributed by atoms with Crippen molar-refractivity contribution in [3.05, 3.63) is 41.8 Å². The number of benzene rings is 1. The van der Waals surface area contributed by atoms with Gasteiger partial charge in [-0.3, -0.25) is 0 Å². The number of urea groups is 1. The number of anilines is 2. The highest BCUT2D eigenvalue weighted by atomic mass is 32.1. The fourth-order valence-electron chi connectivity index (χ4n) is 3.00. The van der Waals surface area contributed by atoms with E-state index in [1.54, 1.807) is 11.8 Å². The van der Waals surface area contributed by atoms with Crippen molar-refractivity contribution in [1.82, 2.24) is 19.4 Å². The van der Waals surface area contributed by atoms with E-state index in [2.05, 4.69) is 24.7 Å². The fourth-order valence-corrected chi connectivity index (χ4v) is 3.74. The molecule has 0 spiro atoms. The fraction of sp³-hybridized carbons (Fsp3) is 0.333. The number of carbonyl (C=O) groups excluding carboxylic acids is 1. The van der Waals surface area contributed by atoms with Crippen LogP contribution in [0.25, 0.3) is 11.4 Å². The Morgan fingerprint density at radius 2 is 1.89 bits per heavy atom. The normalized spacial score (nSPS) is 14.4. The molecule has 1 N–H and O–H groups in total. The highest BCUT2D eigenvalue weighted by Gasteiger charge is 2.24. The number of carbonyl (C=O) groups is 1.